The largest absolute Gasteiger partial charge is 0.458 e. The number of amides is 3. The average molecular weight is 720 g/mol. The van der Waals surface area contributed by atoms with Gasteiger partial charge in [0.2, 0.25) is 0 Å². The minimum atomic E-state index is -1.80. The summed E-state index contributed by atoms with van der Waals surface area (Å²) >= 11 is 0. The van der Waals surface area contributed by atoms with Crippen molar-refractivity contribution in [3.63, 3.8) is 0 Å². The number of carbonyl (C=O) groups excluding carboxylic acids is 5. The number of carbonyl (C=O) groups is 5. The third-order valence-corrected chi connectivity index (χ3v) is 10.1. The topological polar surface area (TPSA) is 149 Å². The number of hydrogen-bond donors (Lipinski definition) is 1. The second-order valence-electron chi connectivity index (χ2n) is 15.2. The van der Waals surface area contributed by atoms with Gasteiger partial charge in [0.05, 0.1) is 16.6 Å². The van der Waals surface area contributed by atoms with E-state index in [0.717, 1.165) is 4.90 Å². The first-order chi connectivity index (χ1) is 23.8. The fraction of sp³-hybridized carbons (Fsp3) is 0.447. The summed E-state index contributed by atoms with van der Waals surface area (Å²) in [6.07, 6.45) is -0.0333. The molecule has 0 radical (unpaired) electrons. The van der Waals surface area contributed by atoms with Crippen molar-refractivity contribution in [2.45, 2.75) is 96.1 Å². The van der Waals surface area contributed by atoms with E-state index in [0.29, 0.717) is 11.1 Å². The highest BCUT2D eigenvalue weighted by Gasteiger charge is 2.58. The summed E-state index contributed by atoms with van der Waals surface area (Å²) in [6, 6.07) is 17.0. The number of likely N-dealkylation sites (tertiary alicyclic amines) is 1. The lowest BCUT2D eigenvalue weighted by Crippen LogP contribution is -2.73. The second kappa shape index (κ2) is 14.1. The van der Waals surface area contributed by atoms with Crippen LogP contribution >= 0.6 is 0 Å². The predicted molar refractivity (Wildman–Crippen MR) is 189 cm³/mol. The quantitative estimate of drug-likeness (QED) is 0.178. The lowest BCUT2D eigenvalue weighted by Gasteiger charge is -2.49. The van der Waals surface area contributed by atoms with E-state index in [9.17, 15) is 28.2 Å². The molecule has 3 aliphatic rings. The number of esters is 2. The van der Waals surface area contributed by atoms with Gasteiger partial charge in [-0.1, -0.05) is 60.7 Å². The molecular weight excluding hydrogens is 674 g/mol. The van der Waals surface area contributed by atoms with Gasteiger partial charge in [-0.25, -0.2) is 14.4 Å². The summed E-state index contributed by atoms with van der Waals surface area (Å²) in [7, 11) is -1.80. The number of nitrogens with one attached hydrogen (secondary N) is 1. The number of nitrogens with zero attached hydrogens (tertiary/aromatic N) is 2. The van der Waals surface area contributed by atoms with E-state index in [1.165, 1.54) is 11.0 Å². The van der Waals surface area contributed by atoms with Crippen LogP contribution in [0, 0.1) is 0 Å². The van der Waals surface area contributed by atoms with Crippen LogP contribution in [0.5, 0.6) is 0 Å². The predicted octanol–water partition coefficient (Wildman–Crippen LogP) is 4.68. The average Bonchev–Trinajstić information content (AvgIpc) is 3.41. The zero-order chi connectivity index (χ0) is 37.5. The molecule has 0 saturated carbocycles. The maximum Gasteiger partial charge on any atom is 0.408 e. The molecule has 0 aliphatic carbocycles. The standard InChI is InChI=1S/C38H45N3O9S/c1-36(2,3)49-34(45)38(7,8)40-20-19-25(30(40)42)21-26-22-51(47)32-27(39-35(46)50-37(4,5)6)31(43)41(32)28(26)33(44)48-29(23-15-11-9-12-16-23)24-17-13-10-14-18-24/h9-18,21,27,29,32H,19-20,22H2,1-8H3,(H,39,46). The number of alkyl carbamates (subject to hydrolysis) is 1. The van der Waals surface area contributed by atoms with Crippen LogP contribution in [0.3, 0.4) is 0 Å². The summed E-state index contributed by atoms with van der Waals surface area (Å²) in [4.78, 5) is 70.1. The zero-order valence-corrected chi connectivity index (χ0v) is 31.0. The lowest BCUT2D eigenvalue weighted by molar-refractivity contribution is -0.170. The Bertz CT molecular complexity index is 1770. The van der Waals surface area contributed by atoms with Crippen molar-refractivity contribution in [1.29, 1.82) is 0 Å². The molecule has 3 amide bonds. The minimum absolute atomic E-state index is 0.166. The van der Waals surface area contributed by atoms with Crippen LogP contribution in [0.2, 0.25) is 0 Å². The van der Waals surface area contributed by atoms with Gasteiger partial charge >= 0.3 is 18.0 Å². The molecule has 0 spiro atoms. The highest BCUT2D eigenvalue weighted by molar-refractivity contribution is 7.86. The molecule has 3 atom stereocenters. The van der Waals surface area contributed by atoms with Gasteiger partial charge in [-0.15, -0.1) is 0 Å². The lowest BCUT2D eigenvalue weighted by atomic mass is 10.00. The van der Waals surface area contributed by atoms with Crippen molar-refractivity contribution in [2.75, 3.05) is 12.3 Å². The van der Waals surface area contributed by atoms with Gasteiger partial charge in [0.15, 0.2) is 6.10 Å². The van der Waals surface area contributed by atoms with Crippen LogP contribution < -0.4 is 5.32 Å². The first kappa shape index (κ1) is 37.5. The zero-order valence-electron chi connectivity index (χ0n) is 30.2. The number of rotatable bonds is 8. The maximum absolute atomic E-state index is 14.4. The monoisotopic (exact) mass is 719 g/mol. The summed E-state index contributed by atoms with van der Waals surface area (Å²) < 4.78 is 30.9. The molecule has 2 fully saturated rings. The van der Waals surface area contributed by atoms with Gasteiger partial charge in [0.1, 0.15) is 33.9 Å². The van der Waals surface area contributed by atoms with Crippen molar-refractivity contribution < 1.29 is 42.4 Å². The number of allylic oxidation sites excluding steroid dienone is 1. The second-order valence-corrected chi connectivity index (χ2v) is 16.7. The van der Waals surface area contributed by atoms with Gasteiger partial charge in [-0.3, -0.25) is 18.7 Å². The van der Waals surface area contributed by atoms with E-state index >= 15 is 0 Å². The van der Waals surface area contributed by atoms with E-state index in [-0.39, 0.29) is 35.6 Å². The molecule has 3 aliphatic heterocycles. The van der Waals surface area contributed by atoms with Gasteiger partial charge in [0.25, 0.3) is 11.8 Å². The van der Waals surface area contributed by atoms with Crippen LogP contribution in [-0.2, 0) is 44.2 Å². The smallest absolute Gasteiger partial charge is 0.408 e. The first-order valence-corrected chi connectivity index (χ1v) is 18.2. The van der Waals surface area contributed by atoms with Gasteiger partial charge in [-0.2, -0.15) is 0 Å². The van der Waals surface area contributed by atoms with Crippen LogP contribution in [0.1, 0.15) is 79.0 Å². The summed E-state index contributed by atoms with van der Waals surface area (Å²) in [5, 5.41) is 1.43. The molecule has 2 aromatic carbocycles. The van der Waals surface area contributed by atoms with Gasteiger partial charge in [0, 0.05) is 12.1 Å². The number of fused-ring (bicyclic) bond motifs is 1. The van der Waals surface area contributed by atoms with Gasteiger partial charge < -0.3 is 24.4 Å². The van der Waals surface area contributed by atoms with E-state index in [1.807, 2.05) is 60.7 Å². The number of hydrogen-bond acceptors (Lipinski definition) is 9. The maximum atomic E-state index is 14.4. The molecule has 0 bridgehead atoms. The number of ether oxygens (including phenoxy) is 3. The molecule has 3 heterocycles. The van der Waals surface area contributed by atoms with Crippen molar-refractivity contribution >= 4 is 40.6 Å². The minimum Gasteiger partial charge on any atom is -0.458 e. The van der Waals surface area contributed by atoms with Crippen LogP contribution in [0.4, 0.5) is 4.79 Å². The highest BCUT2D eigenvalue weighted by atomic mass is 32.2. The summed E-state index contributed by atoms with van der Waals surface area (Å²) in [5.74, 6) is -2.79. The number of β-lactam (4-membered cyclic amide) rings is 1. The summed E-state index contributed by atoms with van der Waals surface area (Å²) in [6.45, 7) is 13.7. The third-order valence-electron chi connectivity index (χ3n) is 8.50. The molecule has 3 unspecified atom stereocenters. The Morgan fingerprint density at radius 1 is 0.863 bits per heavy atom. The van der Waals surface area contributed by atoms with Gasteiger partial charge in [-0.05, 0) is 84.6 Å². The van der Waals surface area contributed by atoms with E-state index < -0.39 is 74.9 Å². The van der Waals surface area contributed by atoms with Crippen molar-refractivity contribution in [1.82, 2.24) is 15.1 Å². The van der Waals surface area contributed by atoms with E-state index in [4.69, 9.17) is 14.2 Å². The van der Waals surface area contributed by atoms with Crippen LogP contribution in [0.15, 0.2) is 83.6 Å². The molecule has 2 saturated heterocycles. The Labute approximate surface area is 300 Å². The fourth-order valence-electron chi connectivity index (χ4n) is 6.09. The fourth-order valence-corrected chi connectivity index (χ4v) is 7.72. The van der Waals surface area contributed by atoms with Crippen molar-refractivity contribution in [3.05, 3.63) is 94.7 Å². The first-order valence-electron chi connectivity index (χ1n) is 16.8. The molecule has 0 aromatic heterocycles. The molecular formula is C38H45N3O9S. The summed E-state index contributed by atoms with van der Waals surface area (Å²) in [5.41, 5.74) is -1.30. The molecule has 12 nitrogen and oxygen atoms in total. The normalized spacial score (nSPS) is 21.7. The third kappa shape index (κ3) is 8.08. The van der Waals surface area contributed by atoms with E-state index in [2.05, 4.69) is 5.32 Å². The Balaban J connectivity index is 1.53. The Kier molecular flexibility index (Phi) is 10.4. The molecule has 5 rings (SSSR count). The molecule has 272 valence electrons. The van der Waals surface area contributed by atoms with Crippen molar-refractivity contribution in [2.24, 2.45) is 0 Å². The Hall–Kier alpha value is -4.78. The Morgan fingerprint density at radius 3 is 1.94 bits per heavy atom. The molecule has 51 heavy (non-hydrogen) atoms. The Morgan fingerprint density at radius 2 is 1.41 bits per heavy atom. The van der Waals surface area contributed by atoms with E-state index in [1.54, 1.807) is 55.4 Å². The van der Waals surface area contributed by atoms with Crippen LogP contribution in [-0.4, -0.2) is 84.3 Å². The molecule has 2 aromatic rings. The highest BCUT2D eigenvalue weighted by Crippen LogP contribution is 2.39. The number of benzene rings is 2. The van der Waals surface area contributed by atoms with Crippen molar-refractivity contribution in [3.8, 4) is 0 Å². The SMILES string of the molecule is CC(C)(C)OC(=O)NC1C(=O)N2C(C(=O)OC(c3ccccc3)c3ccccc3)=C(C=C3CCN(C(C)(C)C(=O)OC(C)(C)C)C3=O)CS(=O)C12. The molecule has 1 N–H and O–H groups in total. The van der Waals surface area contributed by atoms with Crippen LogP contribution in [0.25, 0.3) is 0 Å². The molecule has 13 heteroatoms.